The van der Waals surface area contributed by atoms with Crippen LogP contribution in [-0.4, -0.2) is 37.7 Å². The Bertz CT molecular complexity index is 1050. The van der Waals surface area contributed by atoms with E-state index in [1.165, 1.54) is 173 Å². The van der Waals surface area contributed by atoms with Crippen molar-refractivity contribution in [2.75, 3.05) is 19.8 Å². The van der Waals surface area contributed by atoms with E-state index in [0.29, 0.717) is 45.3 Å². The lowest BCUT2D eigenvalue weighted by Crippen LogP contribution is -2.19. The molecule has 0 N–H and O–H groups in total. The Balaban J connectivity index is 4.36. The standard InChI is InChI=1S/C60H110O6/c1-4-7-10-13-16-19-22-25-28-31-34-37-40-43-46-49-58(61)64-54-52-57(56-66-60(63)51-48-45-42-39-36-33-30-27-24-21-18-15-12-9-6-3)53-55-65-59(62)50-47-44-41-38-35-32-29-26-23-20-17-14-11-8-5-2/h25-30,57H,4-24,31-56H2,1-3H3/b28-25+,29-26+,30-27+. The number of hydrogen-bond acceptors (Lipinski definition) is 6. The van der Waals surface area contributed by atoms with E-state index >= 15 is 0 Å². The Morgan fingerprint density at radius 1 is 0.303 bits per heavy atom. The number of unbranched alkanes of at least 4 members (excludes halogenated alkanes) is 33. The Hall–Kier alpha value is -2.37. The van der Waals surface area contributed by atoms with Gasteiger partial charge in [-0.05, 0) is 115 Å². The highest BCUT2D eigenvalue weighted by Gasteiger charge is 2.15. The highest BCUT2D eigenvalue weighted by Crippen LogP contribution is 2.16. The van der Waals surface area contributed by atoms with E-state index in [-0.39, 0.29) is 30.4 Å². The van der Waals surface area contributed by atoms with Gasteiger partial charge in [-0.15, -0.1) is 0 Å². The highest BCUT2D eigenvalue weighted by molar-refractivity contribution is 5.70. The van der Waals surface area contributed by atoms with Crippen LogP contribution in [0.4, 0.5) is 0 Å². The van der Waals surface area contributed by atoms with Gasteiger partial charge < -0.3 is 14.2 Å². The molecule has 0 bridgehead atoms. The third kappa shape index (κ3) is 52.6. The molecule has 0 aliphatic heterocycles. The topological polar surface area (TPSA) is 78.9 Å². The van der Waals surface area contributed by atoms with Gasteiger partial charge in [0.05, 0.1) is 19.8 Å². The highest BCUT2D eigenvalue weighted by atomic mass is 16.5. The molecule has 0 saturated carbocycles. The normalized spacial score (nSPS) is 11.8. The Morgan fingerprint density at radius 2 is 0.530 bits per heavy atom. The zero-order valence-corrected chi connectivity index (χ0v) is 44.2. The van der Waals surface area contributed by atoms with Gasteiger partial charge in [0.2, 0.25) is 0 Å². The molecule has 6 heteroatoms. The molecule has 6 nitrogen and oxygen atoms in total. The van der Waals surface area contributed by atoms with Gasteiger partial charge in [-0.25, -0.2) is 0 Å². The van der Waals surface area contributed by atoms with E-state index < -0.39 is 0 Å². The van der Waals surface area contributed by atoms with E-state index in [1.54, 1.807) is 0 Å². The third-order valence-electron chi connectivity index (χ3n) is 13.0. The smallest absolute Gasteiger partial charge is 0.305 e. The molecule has 0 atom stereocenters. The number of carbonyl (C=O) groups is 3. The summed E-state index contributed by atoms with van der Waals surface area (Å²) in [6.45, 7) is 7.66. The predicted molar refractivity (Wildman–Crippen MR) is 284 cm³/mol. The molecule has 0 aromatic rings. The molecule has 0 saturated heterocycles. The fraction of sp³-hybridized carbons (Fsp3) is 0.850. The van der Waals surface area contributed by atoms with Crippen LogP contribution in [0, 0.1) is 5.92 Å². The minimum atomic E-state index is -0.167. The zero-order chi connectivity index (χ0) is 47.9. The first-order valence-electron chi connectivity index (χ1n) is 28.9. The molecule has 0 aliphatic rings. The average Bonchev–Trinajstić information content (AvgIpc) is 3.31. The molecule has 0 rings (SSSR count). The second-order valence-corrected chi connectivity index (χ2v) is 19.6. The molecule has 0 spiro atoms. The Labute approximate surface area is 410 Å². The van der Waals surface area contributed by atoms with Gasteiger partial charge in [0.1, 0.15) is 0 Å². The maximum absolute atomic E-state index is 12.7. The van der Waals surface area contributed by atoms with E-state index in [9.17, 15) is 14.4 Å². The van der Waals surface area contributed by atoms with Crippen molar-refractivity contribution in [3.63, 3.8) is 0 Å². The van der Waals surface area contributed by atoms with Gasteiger partial charge in [0.15, 0.2) is 0 Å². The summed E-state index contributed by atoms with van der Waals surface area (Å²) in [5.41, 5.74) is 0. The fourth-order valence-corrected chi connectivity index (χ4v) is 8.44. The Kier molecular flexibility index (Phi) is 53.2. The molecule has 0 amide bonds. The summed E-state index contributed by atoms with van der Waals surface area (Å²) in [4.78, 5) is 37.8. The van der Waals surface area contributed by atoms with Crippen molar-refractivity contribution < 1.29 is 28.6 Å². The molecule has 0 unspecified atom stereocenters. The van der Waals surface area contributed by atoms with Gasteiger partial charge in [-0.3, -0.25) is 14.4 Å². The van der Waals surface area contributed by atoms with Crippen molar-refractivity contribution in [2.45, 2.75) is 303 Å². The minimum Gasteiger partial charge on any atom is -0.466 e. The van der Waals surface area contributed by atoms with Crippen LogP contribution in [0.2, 0.25) is 0 Å². The molecule has 0 heterocycles. The molecule has 0 radical (unpaired) electrons. The lowest BCUT2D eigenvalue weighted by atomic mass is 10.0. The second kappa shape index (κ2) is 55.2. The van der Waals surface area contributed by atoms with Gasteiger partial charge in [0, 0.05) is 19.3 Å². The first kappa shape index (κ1) is 63.6. The quantitative estimate of drug-likeness (QED) is 0.0262. The number of rotatable bonds is 53. The minimum absolute atomic E-state index is 0.0247. The summed E-state index contributed by atoms with van der Waals surface area (Å²) in [5.74, 6) is -0.499. The summed E-state index contributed by atoms with van der Waals surface area (Å²) < 4.78 is 17.0. The van der Waals surface area contributed by atoms with Crippen LogP contribution in [0.15, 0.2) is 36.5 Å². The number of hydrogen-bond donors (Lipinski definition) is 0. The number of allylic oxidation sites excluding steroid dienone is 6. The fourth-order valence-electron chi connectivity index (χ4n) is 8.44. The van der Waals surface area contributed by atoms with Crippen molar-refractivity contribution >= 4 is 17.9 Å². The van der Waals surface area contributed by atoms with Crippen molar-refractivity contribution in [3.8, 4) is 0 Å². The van der Waals surface area contributed by atoms with E-state index in [4.69, 9.17) is 14.2 Å². The molecular formula is C60H110O6. The molecule has 0 aromatic carbocycles. The maximum atomic E-state index is 12.7. The first-order chi connectivity index (χ1) is 32.5. The number of ether oxygens (including phenoxy) is 3. The summed E-state index contributed by atoms with van der Waals surface area (Å²) in [6.07, 6.45) is 64.5. The van der Waals surface area contributed by atoms with E-state index in [0.717, 1.165) is 77.0 Å². The van der Waals surface area contributed by atoms with Crippen LogP contribution in [0.3, 0.4) is 0 Å². The zero-order valence-electron chi connectivity index (χ0n) is 44.2. The molecule has 0 fully saturated rings. The van der Waals surface area contributed by atoms with Crippen LogP contribution in [0.25, 0.3) is 0 Å². The van der Waals surface area contributed by atoms with E-state index in [2.05, 4.69) is 57.2 Å². The van der Waals surface area contributed by atoms with E-state index in [1.807, 2.05) is 0 Å². The average molecular weight is 928 g/mol. The summed E-state index contributed by atoms with van der Waals surface area (Å²) in [6, 6.07) is 0. The largest absolute Gasteiger partial charge is 0.466 e. The lowest BCUT2D eigenvalue weighted by Gasteiger charge is -2.17. The summed E-state index contributed by atoms with van der Waals surface area (Å²) >= 11 is 0. The molecule has 0 aromatic heterocycles. The van der Waals surface area contributed by atoms with Crippen LogP contribution in [-0.2, 0) is 28.6 Å². The Morgan fingerprint density at radius 3 is 0.803 bits per heavy atom. The maximum Gasteiger partial charge on any atom is 0.305 e. The van der Waals surface area contributed by atoms with Gasteiger partial charge >= 0.3 is 17.9 Å². The summed E-state index contributed by atoms with van der Waals surface area (Å²) in [7, 11) is 0. The third-order valence-corrected chi connectivity index (χ3v) is 13.0. The van der Waals surface area contributed by atoms with Crippen molar-refractivity contribution in [1.29, 1.82) is 0 Å². The monoisotopic (exact) mass is 927 g/mol. The van der Waals surface area contributed by atoms with Crippen molar-refractivity contribution in [3.05, 3.63) is 36.5 Å². The first-order valence-corrected chi connectivity index (χ1v) is 28.9. The van der Waals surface area contributed by atoms with Crippen LogP contribution in [0.1, 0.15) is 303 Å². The van der Waals surface area contributed by atoms with Crippen LogP contribution in [0.5, 0.6) is 0 Å². The predicted octanol–water partition coefficient (Wildman–Crippen LogP) is 19.1. The molecule has 0 aliphatic carbocycles. The van der Waals surface area contributed by atoms with Crippen molar-refractivity contribution in [2.24, 2.45) is 5.92 Å². The summed E-state index contributed by atoms with van der Waals surface area (Å²) in [5, 5.41) is 0. The number of carbonyl (C=O) groups excluding carboxylic acids is 3. The van der Waals surface area contributed by atoms with Crippen molar-refractivity contribution in [1.82, 2.24) is 0 Å². The van der Waals surface area contributed by atoms with Gasteiger partial charge in [-0.1, -0.05) is 211 Å². The lowest BCUT2D eigenvalue weighted by molar-refractivity contribution is -0.149. The van der Waals surface area contributed by atoms with Crippen LogP contribution < -0.4 is 0 Å². The SMILES string of the molecule is CCCCCCCC/C=C/CCCCCCCC(=O)OCCC(CCOC(=O)CCCCCCC/C=C/CCCCCCCC)COC(=O)CCCCCCC/C=C/CCCCCCCC. The molecule has 386 valence electrons. The van der Waals surface area contributed by atoms with Gasteiger partial charge in [-0.2, -0.15) is 0 Å². The second-order valence-electron chi connectivity index (χ2n) is 19.6. The molecule has 66 heavy (non-hydrogen) atoms. The molecular weight excluding hydrogens is 817 g/mol. The van der Waals surface area contributed by atoms with Gasteiger partial charge in [0.25, 0.3) is 0 Å². The number of esters is 3. The van der Waals surface area contributed by atoms with Crippen LogP contribution >= 0.6 is 0 Å².